The molecule has 2 aliphatic heterocycles. The monoisotopic (exact) mass is 384 g/mol. The molecule has 140 valence electrons. The van der Waals surface area contributed by atoms with E-state index in [1.165, 1.54) is 13.2 Å². The van der Waals surface area contributed by atoms with Gasteiger partial charge in [-0.05, 0) is 24.3 Å². The summed E-state index contributed by atoms with van der Waals surface area (Å²) in [5.41, 5.74) is 2.27. The number of anilines is 1. The summed E-state index contributed by atoms with van der Waals surface area (Å²) in [4.78, 5) is 59.7. The predicted octanol–water partition coefficient (Wildman–Crippen LogP) is 2.17. The average molecular weight is 384 g/mol. The van der Waals surface area contributed by atoms with Crippen LogP contribution in [0.4, 0.5) is 5.69 Å². The van der Waals surface area contributed by atoms with Gasteiger partial charge in [-0.2, -0.15) is 0 Å². The molecule has 8 heteroatoms. The summed E-state index contributed by atoms with van der Waals surface area (Å²) in [7, 11) is 1.38. The largest absolute Gasteiger partial charge is 0.281 e. The second-order valence-corrected chi connectivity index (χ2v) is 6.66. The molecular weight excluding hydrogens is 372 g/mol. The number of carbonyl (C=O) groups is 4. The van der Waals surface area contributed by atoms with E-state index in [-0.39, 0.29) is 23.2 Å². The summed E-state index contributed by atoms with van der Waals surface area (Å²) in [5, 5.41) is 0. The molecule has 0 unspecified atom stereocenters. The molecular formula is C21H12N4O4. The number of hydrogen-bond donors (Lipinski definition) is 0. The molecule has 0 N–H and O–H groups in total. The van der Waals surface area contributed by atoms with Crippen LogP contribution in [-0.4, -0.2) is 45.5 Å². The number of hydrogen-bond acceptors (Lipinski definition) is 6. The Bertz CT molecular complexity index is 1210. The fraction of sp³-hybridized carbons (Fsp3) is 0.0476. The van der Waals surface area contributed by atoms with Gasteiger partial charge in [0.05, 0.1) is 28.7 Å². The molecule has 3 heterocycles. The molecule has 0 saturated carbocycles. The summed E-state index contributed by atoms with van der Waals surface area (Å²) in [6.07, 6.45) is 1.42. The zero-order valence-electron chi connectivity index (χ0n) is 15.1. The lowest BCUT2D eigenvalue weighted by molar-refractivity contribution is 0.0688. The van der Waals surface area contributed by atoms with Crippen molar-refractivity contribution in [2.24, 2.45) is 0 Å². The molecule has 0 saturated heterocycles. The molecule has 0 atom stereocenters. The highest BCUT2D eigenvalue weighted by atomic mass is 16.2. The van der Waals surface area contributed by atoms with Crippen LogP contribution in [0.15, 0.2) is 54.7 Å². The van der Waals surface area contributed by atoms with Crippen LogP contribution >= 0.6 is 0 Å². The minimum Gasteiger partial charge on any atom is -0.275 e. The maximum atomic E-state index is 12.6. The minimum absolute atomic E-state index is 0.0134. The highest BCUT2D eigenvalue weighted by Gasteiger charge is 2.37. The van der Waals surface area contributed by atoms with Crippen LogP contribution in [0.2, 0.25) is 0 Å². The number of imide groups is 2. The van der Waals surface area contributed by atoms with Gasteiger partial charge in [-0.15, -0.1) is 0 Å². The molecule has 0 spiro atoms. The van der Waals surface area contributed by atoms with Gasteiger partial charge >= 0.3 is 0 Å². The first-order valence-electron chi connectivity index (χ1n) is 8.75. The van der Waals surface area contributed by atoms with Crippen LogP contribution in [0.1, 0.15) is 41.7 Å². The molecule has 8 nitrogen and oxygen atoms in total. The second kappa shape index (κ2) is 5.90. The number of nitrogens with zero attached hydrogens (tertiary/aromatic N) is 4. The lowest BCUT2D eigenvalue weighted by Gasteiger charge is -2.14. The van der Waals surface area contributed by atoms with Gasteiger partial charge in [0.15, 0.2) is 11.4 Å². The summed E-state index contributed by atoms with van der Waals surface area (Å²) in [5.74, 6) is -1.72. The van der Waals surface area contributed by atoms with Gasteiger partial charge in [-0.3, -0.25) is 24.1 Å². The van der Waals surface area contributed by atoms with Crippen molar-refractivity contribution in [2.75, 3.05) is 11.9 Å². The molecule has 0 radical (unpaired) electrons. The van der Waals surface area contributed by atoms with E-state index >= 15 is 0 Å². The quantitative estimate of drug-likeness (QED) is 0.628. The van der Waals surface area contributed by atoms with Crippen molar-refractivity contribution in [1.29, 1.82) is 0 Å². The van der Waals surface area contributed by atoms with Gasteiger partial charge in [0.25, 0.3) is 23.6 Å². The standard InChI is InChI=1S/C21H12N4O4/c1-24-20(28)16-17(21(24)29)23-15(10-22-16)11-6-8-12(9-7-11)25-18(26)13-4-2-3-5-14(13)19(25)27/h2-10H,1H3. The Labute approximate surface area is 164 Å². The average Bonchev–Trinajstić information content (AvgIpc) is 3.14. The Morgan fingerprint density at radius 3 is 1.93 bits per heavy atom. The van der Waals surface area contributed by atoms with Crippen LogP contribution in [0, 0.1) is 0 Å². The van der Waals surface area contributed by atoms with Crippen molar-refractivity contribution in [3.8, 4) is 11.3 Å². The van der Waals surface area contributed by atoms with Crippen LogP contribution in [0.25, 0.3) is 11.3 Å². The Kier molecular flexibility index (Phi) is 3.44. The Morgan fingerprint density at radius 2 is 1.31 bits per heavy atom. The molecule has 3 aromatic rings. The molecule has 0 aliphatic carbocycles. The SMILES string of the molecule is CN1C(=O)c2ncc(-c3ccc(N4C(=O)c5ccccc5C4=O)cc3)nc2C1=O. The van der Waals surface area contributed by atoms with Crippen molar-refractivity contribution in [3.05, 3.63) is 77.2 Å². The summed E-state index contributed by atoms with van der Waals surface area (Å²) >= 11 is 0. The maximum Gasteiger partial charge on any atom is 0.281 e. The molecule has 0 bridgehead atoms. The molecule has 1 aromatic heterocycles. The molecule has 5 rings (SSSR count). The highest BCUT2D eigenvalue weighted by molar-refractivity contribution is 6.34. The number of fused-ring (bicyclic) bond motifs is 2. The normalized spacial score (nSPS) is 15.2. The van der Waals surface area contributed by atoms with Crippen molar-refractivity contribution in [1.82, 2.24) is 14.9 Å². The van der Waals surface area contributed by atoms with E-state index in [0.717, 1.165) is 9.80 Å². The van der Waals surface area contributed by atoms with Crippen molar-refractivity contribution in [3.63, 3.8) is 0 Å². The van der Waals surface area contributed by atoms with E-state index in [1.807, 2.05) is 0 Å². The Balaban J connectivity index is 1.48. The lowest BCUT2D eigenvalue weighted by atomic mass is 10.1. The zero-order chi connectivity index (χ0) is 20.3. The van der Waals surface area contributed by atoms with Crippen molar-refractivity contribution >= 4 is 29.3 Å². The molecule has 2 aliphatic rings. The third-order valence-corrected chi connectivity index (χ3v) is 5.00. The van der Waals surface area contributed by atoms with Gasteiger partial charge in [0.1, 0.15) is 0 Å². The number of aromatic nitrogens is 2. The topological polar surface area (TPSA) is 101 Å². The smallest absolute Gasteiger partial charge is 0.275 e. The fourth-order valence-electron chi connectivity index (χ4n) is 3.45. The Morgan fingerprint density at radius 1 is 0.724 bits per heavy atom. The van der Waals surface area contributed by atoms with Crippen LogP contribution in [0.3, 0.4) is 0 Å². The van der Waals surface area contributed by atoms with Gasteiger partial charge in [-0.25, -0.2) is 14.9 Å². The van der Waals surface area contributed by atoms with Crippen LogP contribution < -0.4 is 4.90 Å². The summed E-state index contributed by atoms with van der Waals surface area (Å²) in [6, 6.07) is 13.3. The van der Waals surface area contributed by atoms with Gasteiger partial charge < -0.3 is 0 Å². The zero-order valence-corrected chi connectivity index (χ0v) is 15.1. The van der Waals surface area contributed by atoms with E-state index in [1.54, 1.807) is 48.5 Å². The third-order valence-electron chi connectivity index (χ3n) is 5.00. The highest BCUT2D eigenvalue weighted by Crippen LogP contribution is 2.30. The van der Waals surface area contributed by atoms with Crippen LogP contribution in [0.5, 0.6) is 0 Å². The van der Waals surface area contributed by atoms with Crippen LogP contribution in [-0.2, 0) is 0 Å². The van der Waals surface area contributed by atoms with Gasteiger partial charge in [0.2, 0.25) is 0 Å². The third kappa shape index (κ3) is 2.32. The van der Waals surface area contributed by atoms with E-state index in [0.29, 0.717) is 28.1 Å². The van der Waals surface area contributed by atoms with E-state index < -0.39 is 11.8 Å². The summed E-state index contributed by atoms with van der Waals surface area (Å²) in [6.45, 7) is 0. The first-order chi connectivity index (χ1) is 14.0. The van der Waals surface area contributed by atoms with Gasteiger partial charge in [0, 0.05) is 12.6 Å². The second-order valence-electron chi connectivity index (χ2n) is 6.66. The van der Waals surface area contributed by atoms with Crippen molar-refractivity contribution in [2.45, 2.75) is 0 Å². The number of rotatable bonds is 2. The molecule has 2 aromatic carbocycles. The fourth-order valence-corrected chi connectivity index (χ4v) is 3.45. The van der Waals surface area contributed by atoms with E-state index in [2.05, 4.69) is 9.97 Å². The first-order valence-corrected chi connectivity index (χ1v) is 8.75. The number of amides is 4. The molecule has 0 fully saturated rings. The number of carbonyl (C=O) groups excluding carboxylic acids is 4. The minimum atomic E-state index is -0.498. The first kappa shape index (κ1) is 16.9. The van der Waals surface area contributed by atoms with E-state index in [9.17, 15) is 19.2 Å². The van der Waals surface area contributed by atoms with E-state index in [4.69, 9.17) is 0 Å². The lowest BCUT2D eigenvalue weighted by Crippen LogP contribution is -2.29. The molecule has 4 amide bonds. The summed E-state index contributed by atoms with van der Waals surface area (Å²) < 4.78 is 0. The maximum absolute atomic E-state index is 12.6. The predicted molar refractivity (Wildman–Crippen MR) is 101 cm³/mol. The Hall–Kier alpha value is -4.20. The van der Waals surface area contributed by atoms with Crippen molar-refractivity contribution < 1.29 is 19.2 Å². The molecule has 29 heavy (non-hydrogen) atoms. The number of benzene rings is 2. The van der Waals surface area contributed by atoms with Gasteiger partial charge in [-0.1, -0.05) is 24.3 Å².